The Morgan fingerprint density at radius 2 is 2.18 bits per heavy atom. The van der Waals surface area contributed by atoms with E-state index in [9.17, 15) is 18.0 Å². The lowest BCUT2D eigenvalue weighted by Crippen LogP contribution is -2.47. The predicted molar refractivity (Wildman–Crippen MR) is 52.8 cm³/mol. The lowest BCUT2D eigenvalue weighted by atomic mass is 10.2. The van der Waals surface area contributed by atoms with Crippen LogP contribution in [0.4, 0.5) is 18.0 Å². The van der Waals surface area contributed by atoms with E-state index in [1.165, 1.54) is 4.90 Å². The highest BCUT2D eigenvalue weighted by Crippen LogP contribution is 2.22. The topological polar surface area (TPSA) is 61.8 Å². The molecule has 0 saturated carbocycles. The molecule has 0 aliphatic carbocycles. The average Bonchev–Trinajstić information content (AvgIpc) is 2.64. The van der Waals surface area contributed by atoms with E-state index in [1.54, 1.807) is 0 Å². The summed E-state index contributed by atoms with van der Waals surface area (Å²) in [6.07, 6.45) is -5.80. The first-order valence-corrected chi connectivity index (χ1v) is 5.14. The number of methoxy groups -OCH3 is 1. The van der Waals surface area contributed by atoms with Crippen LogP contribution < -0.4 is 5.32 Å². The Balaban J connectivity index is 2.57. The number of hydrogen-bond acceptors (Lipinski definition) is 3. The zero-order valence-electron chi connectivity index (χ0n) is 9.28. The molecule has 0 aromatic heterocycles. The first kappa shape index (κ1) is 14.0. The third-order valence-corrected chi connectivity index (χ3v) is 2.72. The van der Waals surface area contributed by atoms with Crippen molar-refractivity contribution in [2.45, 2.75) is 31.3 Å². The van der Waals surface area contributed by atoms with Crippen LogP contribution in [0.5, 0.6) is 0 Å². The van der Waals surface area contributed by atoms with E-state index in [4.69, 9.17) is 5.11 Å². The molecule has 100 valence electrons. The van der Waals surface area contributed by atoms with Crippen molar-refractivity contribution in [1.29, 1.82) is 0 Å². The van der Waals surface area contributed by atoms with E-state index in [2.05, 4.69) is 10.1 Å². The Kier molecular flexibility index (Phi) is 5.01. The molecular weight excluding hydrogens is 241 g/mol. The number of ether oxygens (including phenoxy) is 1. The fourth-order valence-corrected chi connectivity index (χ4v) is 1.93. The maximum absolute atomic E-state index is 13.2. The summed E-state index contributed by atoms with van der Waals surface area (Å²) in [4.78, 5) is 11.6. The van der Waals surface area contributed by atoms with Gasteiger partial charge in [-0.3, -0.25) is 4.90 Å². The van der Waals surface area contributed by atoms with Gasteiger partial charge < -0.3 is 15.2 Å². The van der Waals surface area contributed by atoms with Crippen molar-refractivity contribution in [3.05, 3.63) is 0 Å². The summed E-state index contributed by atoms with van der Waals surface area (Å²) in [5, 5.41) is 10.7. The lowest BCUT2D eigenvalue weighted by Gasteiger charge is -2.28. The lowest BCUT2D eigenvalue weighted by molar-refractivity contribution is -0.114. The van der Waals surface area contributed by atoms with Crippen molar-refractivity contribution in [2.24, 2.45) is 0 Å². The summed E-state index contributed by atoms with van der Waals surface area (Å²) >= 11 is 0. The molecule has 5 nitrogen and oxygen atoms in total. The zero-order chi connectivity index (χ0) is 13.0. The van der Waals surface area contributed by atoms with E-state index < -0.39 is 31.0 Å². The number of hydrogen-bond donors (Lipinski definition) is 2. The highest BCUT2D eigenvalue weighted by atomic mass is 19.3. The molecule has 0 radical (unpaired) electrons. The number of halogens is 3. The Hall–Kier alpha value is -1.02. The van der Waals surface area contributed by atoms with Gasteiger partial charge in [0.15, 0.2) is 0 Å². The van der Waals surface area contributed by atoms with Gasteiger partial charge in [0.2, 0.25) is 6.36 Å². The molecule has 0 aromatic rings. The normalized spacial score (nSPS) is 24.9. The van der Waals surface area contributed by atoms with Gasteiger partial charge in [0.25, 0.3) is 6.43 Å². The zero-order valence-corrected chi connectivity index (χ0v) is 9.28. The molecule has 2 N–H and O–H groups in total. The van der Waals surface area contributed by atoms with Gasteiger partial charge in [0.1, 0.15) is 6.04 Å². The highest BCUT2D eigenvalue weighted by molar-refractivity contribution is 5.64. The highest BCUT2D eigenvalue weighted by Gasteiger charge is 2.39. The monoisotopic (exact) mass is 256 g/mol. The first-order valence-electron chi connectivity index (χ1n) is 5.14. The van der Waals surface area contributed by atoms with Crippen LogP contribution in [-0.4, -0.2) is 61.2 Å². The van der Waals surface area contributed by atoms with Gasteiger partial charge in [0, 0.05) is 26.2 Å². The molecule has 1 heterocycles. The van der Waals surface area contributed by atoms with Crippen molar-refractivity contribution in [2.75, 3.05) is 20.2 Å². The van der Waals surface area contributed by atoms with Crippen molar-refractivity contribution in [1.82, 2.24) is 10.2 Å². The number of likely N-dealkylation sites (tertiary alicyclic amines) is 1. The van der Waals surface area contributed by atoms with Gasteiger partial charge >= 0.3 is 6.09 Å². The molecular formula is C9H15F3N2O3. The van der Waals surface area contributed by atoms with Crippen LogP contribution in [0, 0.1) is 0 Å². The Bertz CT molecular complexity index is 268. The van der Waals surface area contributed by atoms with Crippen LogP contribution in [0.1, 0.15) is 6.42 Å². The quantitative estimate of drug-likeness (QED) is 0.767. The van der Waals surface area contributed by atoms with Gasteiger partial charge in [-0.15, -0.1) is 0 Å². The summed E-state index contributed by atoms with van der Waals surface area (Å²) in [7, 11) is 1.02. The first-order chi connectivity index (χ1) is 7.95. The smallest absolute Gasteiger partial charge is 0.404 e. The number of nitrogens with zero attached hydrogens (tertiary/aromatic N) is 1. The third kappa shape index (κ3) is 3.74. The van der Waals surface area contributed by atoms with Gasteiger partial charge in [-0.2, -0.15) is 0 Å². The van der Waals surface area contributed by atoms with Gasteiger partial charge in [0.05, 0.1) is 0 Å². The number of alkyl halides is 3. The fraction of sp³-hybridized carbons (Fsp3) is 0.889. The van der Waals surface area contributed by atoms with Crippen LogP contribution in [0.2, 0.25) is 0 Å². The van der Waals surface area contributed by atoms with Crippen molar-refractivity contribution in [3.63, 3.8) is 0 Å². The molecule has 1 aliphatic heterocycles. The van der Waals surface area contributed by atoms with Crippen LogP contribution in [-0.2, 0) is 4.74 Å². The summed E-state index contributed by atoms with van der Waals surface area (Å²) < 4.78 is 42.8. The van der Waals surface area contributed by atoms with Gasteiger partial charge in [-0.1, -0.05) is 0 Å². The van der Waals surface area contributed by atoms with Crippen LogP contribution in [0.25, 0.3) is 0 Å². The second-order valence-corrected chi connectivity index (χ2v) is 3.84. The summed E-state index contributed by atoms with van der Waals surface area (Å²) in [5.74, 6) is 0. The third-order valence-electron chi connectivity index (χ3n) is 2.72. The molecule has 0 aromatic carbocycles. The molecule has 8 heteroatoms. The largest absolute Gasteiger partial charge is 0.465 e. The molecule has 1 amide bonds. The van der Waals surface area contributed by atoms with Crippen LogP contribution in [0.3, 0.4) is 0 Å². The molecule has 3 unspecified atom stereocenters. The van der Waals surface area contributed by atoms with Crippen molar-refractivity contribution in [3.8, 4) is 0 Å². The maximum Gasteiger partial charge on any atom is 0.404 e. The minimum Gasteiger partial charge on any atom is -0.465 e. The fourth-order valence-electron chi connectivity index (χ4n) is 1.93. The second kappa shape index (κ2) is 6.06. The summed E-state index contributed by atoms with van der Waals surface area (Å²) in [5.41, 5.74) is 0. The van der Waals surface area contributed by atoms with Crippen LogP contribution >= 0.6 is 0 Å². The minimum absolute atomic E-state index is 0.0606. The molecule has 1 aliphatic rings. The summed E-state index contributed by atoms with van der Waals surface area (Å²) in [6.45, 7) is 0.273. The number of amides is 1. The average molecular weight is 256 g/mol. The Morgan fingerprint density at radius 1 is 1.53 bits per heavy atom. The van der Waals surface area contributed by atoms with Crippen molar-refractivity contribution < 1.29 is 27.8 Å². The predicted octanol–water partition coefficient (Wildman–Crippen LogP) is 0.904. The van der Waals surface area contributed by atoms with E-state index >= 15 is 0 Å². The molecule has 0 bridgehead atoms. The number of carbonyl (C=O) groups is 1. The molecule has 3 atom stereocenters. The van der Waals surface area contributed by atoms with E-state index in [0.29, 0.717) is 6.42 Å². The molecule has 17 heavy (non-hydrogen) atoms. The summed E-state index contributed by atoms with van der Waals surface area (Å²) in [6, 6.07) is -2.10. The standard InChI is InChI=1S/C9H15F3N2O3/c1-17-8(12)6(7(10)11)14-3-2-5(4-14)13-9(15)16/h5-8,13H,2-4H2,1H3,(H,15,16). The van der Waals surface area contributed by atoms with E-state index in [-0.39, 0.29) is 13.1 Å². The van der Waals surface area contributed by atoms with Crippen LogP contribution in [0.15, 0.2) is 0 Å². The Labute approximate surface area is 96.5 Å². The SMILES string of the molecule is COC(F)C(C(F)F)N1CCC(NC(=O)O)C1. The number of carboxylic acid groups (broad SMARTS) is 1. The molecule has 0 spiro atoms. The van der Waals surface area contributed by atoms with Gasteiger partial charge in [-0.25, -0.2) is 18.0 Å². The maximum atomic E-state index is 13.2. The molecule has 1 saturated heterocycles. The van der Waals surface area contributed by atoms with Gasteiger partial charge in [-0.05, 0) is 6.42 Å². The molecule has 1 rings (SSSR count). The number of rotatable bonds is 5. The van der Waals surface area contributed by atoms with E-state index in [0.717, 1.165) is 7.11 Å². The number of nitrogens with one attached hydrogen (secondary N) is 1. The Morgan fingerprint density at radius 3 is 2.65 bits per heavy atom. The van der Waals surface area contributed by atoms with Crippen molar-refractivity contribution >= 4 is 6.09 Å². The second-order valence-electron chi connectivity index (χ2n) is 3.84. The molecule has 1 fully saturated rings. The minimum atomic E-state index is -2.88. The van der Waals surface area contributed by atoms with E-state index in [1.807, 2.05) is 0 Å².